The van der Waals surface area contributed by atoms with Crippen molar-refractivity contribution in [3.8, 4) is 0 Å². The summed E-state index contributed by atoms with van der Waals surface area (Å²) in [6.45, 7) is 4.87. The zero-order valence-electron chi connectivity index (χ0n) is 14.7. The van der Waals surface area contributed by atoms with Crippen molar-refractivity contribution in [1.29, 1.82) is 0 Å². The van der Waals surface area contributed by atoms with Gasteiger partial charge in [0.1, 0.15) is 0 Å². The van der Waals surface area contributed by atoms with Gasteiger partial charge in [0, 0.05) is 21.9 Å². The number of Topliss-reactive ketones (excluding diaryl/α,β-unsaturated/α-hetero) is 1. The van der Waals surface area contributed by atoms with Crippen LogP contribution in [0.25, 0.3) is 5.57 Å². The van der Waals surface area contributed by atoms with Gasteiger partial charge in [-0.05, 0) is 61.8 Å². The molecule has 1 heterocycles. The molecule has 0 spiro atoms. The van der Waals surface area contributed by atoms with Crippen LogP contribution in [-0.4, -0.2) is 31.3 Å². The van der Waals surface area contributed by atoms with E-state index in [4.69, 9.17) is 0 Å². The molecule has 1 atom stereocenters. The summed E-state index contributed by atoms with van der Waals surface area (Å²) in [5.41, 5.74) is 4.47. The fourth-order valence-electron chi connectivity index (χ4n) is 3.18. The predicted molar refractivity (Wildman–Crippen MR) is 102 cm³/mol. The van der Waals surface area contributed by atoms with Crippen LogP contribution in [0, 0.1) is 5.92 Å². The van der Waals surface area contributed by atoms with E-state index >= 15 is 0 Å². The first-order chi connectivity index (χ1) is 11.5. The zero-order valence-corrected chi connectivity index (χ0v) is 15.5. The minimum atomic E-state index is 0.113. The molecule has 124 valence electrons. The Balaban J connectivity index is 2.14. The number of nitrogens with zero attached hydrogens (tertiary/aromatic N) is 1. The van der Waals surface area contributed by atoms with Gasteiger partial charge in [0.25, 0.3) is 0 Å². The van der Waals surface area contributed by atoms with Crippen LogP contribution in [0.2, 0.25) is 0 Å². The highest BCUT2D eigenvalue weighted by molar-refractivity contribution is 7.99. The molecule has 0 radical (unpaired) electrons. The SMILES string of the molecule is CC(=O)c1ccc2c(c1)/C(=C\C(C)CN(C)C)c1ccccc1S2. The number of benzene rings is 2. The molecule has 24 heavy (non-hydrogen) atoms. The Hall–Kier alpha value is -1.84. The lowest BCUT2D eigenvalue weighted by Gasteiger charge is -2.24. The molecule has 0 amide bonds. The van der Waals surface area contributed by atoms with E-state index in [9.17, 15) is 4.79 Å². The van der Waals surface area contributed by atoms with Gasteiger partial charge in [-0.25, -0.2) is 0 Å². The summed E-state index contributed by atoms with van der Waals surface area (Å²) in [4.78, 5) is 16.5. The van der Waals surface area contributed by atoms with Gasteiger partial charge in [-0.15, -0.1) is 0 Å². The van der Waals surface area contributed by atoms with E-state index in [2.05, 4.69) is 68.4 Å². The van der Waals surface area contributed by atoms with Gasteiger partial charge in [-0.2, -0.15) is 0 Å². The fraction of sp³-hybridized carbons (Fsp3) is 0.286. The lowest BCUT2D eigenvalue weighted by Crippen LogP contribution is -2.18. The molecular formula is C21H23NOS. The highest BCUT2D eigenvalue weighted by Crippen LogP contribution is 2.45. The highest BCUT2D eigenvalue weighted by Gasteiger charge is 2.22. The van der Waals surface area contributed by atoms with Crippen molar-refractivity contribution in [2.45, 2.75) is 23.6 Å². The minimum absolute atomic E-state index is 0.113. The molecule has 3 rings (SSSR count). The average Bonchev–Trinajstić information content (AvgIpc) is 2.53. The van der Waals surface area contributed by atoms with Crippen molar-refractivity contribution in [3.63, 3.8) is 0 Å². The third-order valence-corrected chi connectivity index (χ3v) is 5.33. The number of carbonyl (C=O) groups excluding carboxylic acids is 1. The maximum atomic E-state index is 11.8. The first-order valence-electron chi connectivity index (χ1n) is 8.25. The summed E-state index contributed by atoms with van der Waals surface area (Å²) in [6, 6.07) is 14.6. The number of hydrogen-bond acceptors (Lipinski definition) is 3. The van der Waals surface area contributed by atoms with Gasteiger partial charge in [0.15, 0.2) is 5.78 Å². The van der Waals surface area contributed by atoms with Crippen LogP contribution < -0.4 is 0 Å². The van der Waals surface area contributed by atoms with Crippen LogP contribution in [0.1, 0.15) is 35.3 Å². The monoisotopic (exact) mass is 337 g/mol. The summed E-state index contributed by atoms with van der Waals surface area (Å²) in [6.07, 6.45) is 2.35. The van der Waals surface area contributed by atoms with Crippen molar-refractivity contribution in [2.24, 2.45) is 5.92 Å². The third-order valence-electron chi connectivity index (χ3n) is 4.18. The molecule has 2 aromatic rings. The summed E-state index contributed by atoms with van der Waals surface area (Å²) >= 11 is 1.79. The molecular weight excluding hydrogens is 314 g/mol. The lowest BCUT2D eigenvalue weighted by atomic mass is 9.92. The summed E-state index contributed by atoms with van der Waals surface area (Å²) < 4.78 is 0. The molecule has 0 bridgehead atoms. The van der Waals surface area contributed by atoms with E-state index in [-0.39, 0.29) is 5.78 Å². The molecule has 0 N–H and O–H groups in total. The summed E-state index contributed by atoms with van der Waals surface area (Å²) in [7, 11) is 4.20. The first-order valence-corrected chi connectivity index (χ1v) is 9.06. The molecule has 0 fully saturated rings. The van der Waals surface area contributed by atoms with Crippen molar-refractivity contribution >= 4 is 23.1 Å². The van der Waals surface area contributed by atoms with Crippen LogP contribution in [0.4, 0.5) is 0 Å². The topological polar surface area (TPSA) is 20.3 Å². The second-order valence-electron chi connectivity index (χ2n) is 6.69. The fourth-order valence-corrected chi connectivity index (χ4v) is 4.27. The van der Waals surface area contributed by atoms with Crippen molar-refractivity contribution in [2.75, 3.05) is 20.6 Å². The molecule has 3 heteroatoms. The number of hydrogen-bond donors (Lipinski definition) is 0. The van der Waals surface area contributed by atoms with Crippen LogP contribution >= 0.6 is 11.8 Å². The van der Waals surface area contributed by atoms with Crippen molar-refractivity contribution < 1.29 is 4.79 Å². The van der Waals surface area contributed by atoms with Crippen LogP contribution in [-0.2, 0) is 0 Å². The Morgan fingerprint density at radius 3 is 2.54 bits per heavy atom. The van der Waals surface area contributed by atoms with Gasteiger partial charge in [0.05, 0.1) is 0 Å². The normalized spacial score (nSPS) is 16.0. The van der Waals surface area contributed by atoms with Gasteiger partial charge in [-0.3, -0.25) is 4.79 Å². The first kappa shape index (κ1) is 17.0. The van der Waals surface area contributed by atoms with E-state index in [0.717, 1.165) is 12.1 Å². The number of carbonyl (C=O) groups is 1. The molecule has 2 aromatic carbocycles. The zero-order chi connectivity index (χ0) is 17.3. The Morgan fingerprint density at radius 2 is 1.83 bits per heavy atom. The highest BCUT2D eigenvalue weighted by atomic mass is 32.2. The molecule has 1 aliphatic heterocycles. The quantitative estimate of drug-likeness (QED) is 0.626. The lowest BCUT2D eigenvalue weighted by molar-refractivity contribution is 0.101. The predicted octanol–water partition coefficient (Wildman–Crippen LogP) is 4.98. The van der Waals surface area contributed by atoms with Crippen LogP contribution in [0.3, 0.4) is 0 Å². The van der Waals surface area contributed by atoms with Crippen LogP contribution in [0.15, 0.2) is 58.3 Å². The molecule has 0 aliphatic carbocycles. The summed E-state index contributed by atoms with van der Waals surface area (Å²) in [5, 5.41) is 0. The molecule has 0 saturated carbocycles. The van der Waals surface area contributed by atoms with E-state index in [1.165, 1.54) is 26.5 Å². The molecule has 1 aliphatic rings. The largest absolute Gasteiger partial charge is 0.309 e. The minimum Gasteiger partial charge on any atom is -0.309 e. The van der Waals surface area contributed by atoms with E-state index in [1.54, 1.807) is 18.7 Å². The Bertz CT molecular complexity index is 807. The van der Waals surface area contributed by atoms with Gasteiger partial charge in [-0.1, -0.05) is 49.0 Å². The third kappa shape index (κ3) is 3.47. The molecule has 0 saturated heterocycles. The van der Waals surface area contributed by atoms with Gasteiger partial charge < -0.3 is 4.90 Å². The number of rotatable bonds is 4. The van der Waals surface area contributed by atoms with E-state index in [1.807, 2.05) is 6.07 Å². The standard InChI is InChI=1S/C21H23NOS/c1-14(13-22(3)4)11-18-17-7-5-6-8-20(17)24-21-10-9-16(15(2)23)12-19(18)21/h5-12,14H,13H2,1-4H3/b18-11-. The Labute approximate surface area is 148 Å². The molecule has 0 aromatic heterocycles. The number of ketones is 1. The van der Waals surface area contributed by atoms with Gasteiger partial charge >= 0.3 is 0 Å². The van der Waals surface area contributed by atoms with Crippen molar-refractivity contribution in [1.82, 2.24) is 4.90 Å². The maximum absolute atomic E-state index is 11.8. The smallest absolute Gasteiger partial charge is 0.159 e. The Morgan fingerprint density at radius 1 is 1.12 bits per heavy atom. The van der Waals surface area contributed by atoms with Gasteiger partial charge in [0.2, 0.25) is 0 Å². The molecule has 1 unspecified atom stereocenters. The number of fused-ring (bicyclic) bond motifs is 2. The van der Waals surface area contributed by atoms with E-state index in [0.29, 0.717) is 5.92 Å². The van der Waals surface area contributed by atoms with Crippen molar-refractivity contribution in [3.05, 3.63) is 65.2 Å². The van der Waals surface area contributed by atoms with Crippen LogP contribution in [0.5, 0.6) is 0 Å². The molecule has 2 nitrogen and oxygen atoms in total. The van der Waals surface area contributed by atoms with E-state index < -0.39 is 0 Å². The summed E-state index contributed by atoms with van der Waals surface area (Å²) in [5.74, 6) is 0.544. The Kier molecular flexibility index (Phi) is 4.93. The maximum Gasteiger partial charge on any atom is 0.159 e. The second-order valence-corrected chi connectivity index (χ2v) is 7.77. The average molecular weight is 337 g/mol. The second kappa shape index (κ2) is 6.96.